The van der Waals surface area contributed by atoms with E-state index in [2.05, 4.69) is 4.98 Å². The summed E-state index contributed by atoms with van der Waals surface area (Å²) in [5.74, 6) is -1.68. The number of ketones is 1. The summed E-state index contributed by atoms with van der Waals surface area (Å²) in [6.45, 7) is 4.69. The molecule has 0 saturated heterocycles. The summed E-state index contributed by atoms with van der Waals surface area (Å²) in [7, 11) is 2.62. The Morgan fingerprint density at radius 2 is 1.79 bits per heavy atom. The quantitative estimate of drug-likeness (QED) is 0.428. The minimum atomic E-state index is -1.13. The van der Waals surface area contributed by atoms with Gasteiger partial charge in [0.25, 0.3) is 0 Å². The van der Waals surface area contributed by atoms with Crippen LogP contribution in [0.15, 0.2) is 12.1 Å². The van der Waals surface area contributed by atoms with Crippen molar-refractivity contribution in [2.75, 3.05) is 20.0 Å². The molecule has 0 aliphatic heterocycles. The summed E-state index contributed by atoms with van der Waals surface area (Å²) in [5, 5.41) is 0.158. The van der Waals surface area contributed by atoms with Gasteiger partial charge in [0.2, 0.25) is 5.78 Å². The van der Waals surface area contributed by atoms with Crippen molar-refractivity contribution in [2.45, 2.75) is 26.9 Å². The van der Waals surface area contributed by atoms with E-state index in [-0.39, 0.29) is 33.3 Å². The zero-order valence-electron chi connectivity index (χ0n) is 16.1. The molecule has 1 unspecified atom stereocenters. The lowest BCUT2D eigenvalue weighted by Crippen LogP contribution is -2.25. The van der Waals surface area contributed by atoms with Crippen molar-refractivity contribution in [1.29, 1.82) is 0 Å². The maximum absolute atomic E-state index is 12.7. The van der Waals surface area contributed by atoms with Crippen molar-refractivity contribution in [1.82, 2.24) is 4.98 Å². The number of H-pyrrole nitrogens is 1. The number of hydrogen-bond donors (Lipinski definition) is 2. The number of carbonyl (C=O) groups is 3. The van der Waals surface area contributed by atoms with Gasteiger partial charge in [-0.25, -0.2) is 9.59 Å². The molecule has 0 saturated carbocycles. The van der Waals surface area contributed by atoms with Gasteiger partial charge in [0.15, 0.2) is 6.10 Å². The molecule has 9 heteroatoms. The molecule has 1 heterocycles. The van der Waals surface area contributed by atoms with Crippen molar-refractivity contribution < 1.29 is 28.6 Å². The molecule has 2 rings (SSSR count). The number of halogens is 1. The van der Waals surface area contributed by atoms with Crippen molar-refractivity contribution in [3.8, 4) is 5.75 Å². The Kier molecular flexibility index (Phi) is 6.35. The fraction of sp³-hybridized carbons (Fsp3) is 0.316. The first-order chi connectivity index (χ1) is 13.1. The molecule has 0 fully saturated rings. The predicted molar refractivity (Wildman–Crippen MR) is 103 cm³/mol. The Morgan fingerprint density at radius 1 is 1.14 bits per heavy atom. The molecule has 2 aromatic rings. The van der Waals surface area contributed by atoms with Gasteiger partial charge in [-0.2, -0.15) is 0 Å². The van der Waals surface area contributed by atoms with Crippen LogP contribution in [0, 0.1) is 13.8 Å². The number of benzene rings is 1. The number of methoxy groups -OCH3 is 2. The second-order valence-electron chi connectivity index (χ2n) is 6.10. The lowest BCUT2D eigenvalue weighted by Gasteiger charge is -2.14. The number of rotatable bonds is 6. The summed E-state index contributed by atoms with van der Waals surface area (Å²) in [6.07, 6.45) is -1.13. The maximum atomic E-state index is 12.7. The second-order valence-corrected chi connectivity index (χ2v) is 6.51. The van der Waals surface area contributed by atoms with Crippen molar-refractivity contribution in [3.63, 3.8) is 0 Å². The van der Waals surface area contributed by atoms with Crippen LogP contribution in [0.4, 0.5) is 5.69 Å². The minimum absolute atomic E-state index is 0.0380. The Labute approximate surface area is 166 Å². The lowest BCUT2D eigenvalue weighted by atomic mass is 10.1. The Hall–Kier alpha value is -3.00. The minimum Gasteiger partial charge on any atom is -0.496 e. The van der Waals surface area contributed by atoms with E-state index < -0.39 is 23.8 Å². The summed E-state index contributed by atoms with van der Waals surface area (Å²) < 4.78 is 15.1. The lowest BCUT2D eigenvalue weighted by molar-refractivity contribution is 0.0314. The van der Waals surface area contributed by atoms with E-state index >= 15 is 0 Å². The fourth-order valence-corrected chi connectivity index (χ4v) is 2.95. The Morgan fingerprint density at radius 3 is 2.36 bits per heavy atom. The molecule has 0 spiro atoms. The van der Waals surface area contributed by atoms with Crippen molar-refractivity contribution in [3.05, 3.63) is 45.2 Å². The number of ether oxygens (including phenoxy) is 3. The first-order valence-corrected chi connectivity index (χ1v) is 8.65. The van der Waals surface area contributed by atoms with Crippen LogP contribution >= 0.6 is 11.6 Å². The van der Waals surface area contributed by atoms with E-state index in [1.807, 2.05) is 0 Å². The molecule has 28 heavy (non-hydrogen) atoms. The average Bonchev–Trinajstić information content (AvgIpc) is 2.96. The number of nitrogen functional groups attached to an aromatic ring is 1. The van der Waals surface area contributed by atoms with E-state index in [1.54, 1.807) is 13.8 Å². The third-order valence-corrected chi connectivity index (χ3v) is 4.59. The molecule has 0 radical (unpaired) electrons. The summed E-state index contributed by atoms with van der Waals surface area (Å²) >= 11 is 5.96. The highest BCUT2D eigenvalue weighted by atomic mass is 35.5. The van der Waals surface area contributed by atoms with Crippen molar-refractivity contribution >= 4 is 35.0 Å². The van der Waals surface area contributed by atoms with Gasteiger partial charge in [-0.15, -0.1) is 0 Å². The summed E-state index contributed by atoms with van der Waals surface area (Å²) in [5.41, 5.74) is 7.33. The number of aromatic nitrogens is 1. The topological polar surface area (TPSA) is 121 Å². The van der Waals surface area contributed by atoms with Crippen LogP contribution < -0.4 is 10.5 Å². The van der Waals surface area contributed by atoms with Crippen LogP contribution in [0.1, 0.15) is 49.4 Å². The molecule has 150 valence electrons. The van der Waals surface area contributed by atoms with Gasteiger partial charge in [-0.1, -0.05) is 11.6 Å². The molecule has 0 amide bonds. The molecule has 3 N–H and O–H groups in total. The summed E-state index contributed by atoms with van der Waals surface area (Å²) in [4.78, 5) is 40.0. The molecule has 0 aliphatic rings. The Balaban J connectivity index is 2.27. The van der Waals surface area contributed by atoms with Crippen LogP contribution in [0.3, 0.4) is 0 Å². The Bertz CT molecular complexity index is 950. The monoisotopic (exact) mass is 408 g/mol. The average molecular weight is 409 g/mol. The first kappa shape index (κ1) is 21.3. The number of nitrogens with two attached hydrogens (primary N) is 1. The number of nitrogens with one attached hydrogen (secondary N) is 1. The highest BCUT2D eigenvalue weighted by molar-refractivity contribution is 6.33. The number of carbonyl (C=O) groups excluding carboxylic acids is 3. The van der Waals surface area contributed by atoms with Crippen LogP contribution in [0.2, 0.25) is 5.02 Å². The number of Topliss-reactive ketones (excluding diaryl/α,β-unsaturated/α-hetero) is 1. The van der Waals surface area contributed by atoms with E-state index in [0.29, 0.717) is 11.3 Å². The zero-order chi connectivity index (χ0) is 21.2. The molecule has 0 bridgehead atoms. The zero-order valence-corrected chi connectivity index (χ0v) is 16.9. The largest absolute Gasteiger partial charge is 0.496 e. The standard InChI is InChI=1S/C19H21ClN2O6/c1-8-15(19(25)27-5)9(2)22-16(8)17(23)10(3)28-18(24)11-6-12(20)13(21)7-14(11)26-4/h6-7,10,22H,21H2,1-5H3. The fourth-order valence-electron chi connectivity index (χ4n) is 2.78. The molecule has 1 aromatic carbocycles. The van der Waals surface area contributed by atoms with Gasteiger partial charge < -0.3 is 24.9 Å². The van der Waals surface area contributed by atoms with Crippen LogP contribution in [0.25, 0.3) is 0 Å². The number of esters is 2. The van der Waals surface area contributed by atoms with E-state index in [0.717, 1.165) is 0 Å². The van der Waals surface area contributed by atoms with E-state index in [9.17, 15) is 14.4 Å². The van der Waals surface area contributed by atoms with Gasteiger partial charge in [-0.3, -0.25) is 4.79 Å². The first-order valence-electron chi connectivity index (χ1n) is 8.28. The molecule has 8 nitrogen and oxygen atoms in total. The third-order valence-electron chi connectivity index (χ3n) is 4.27. The molecular weight excluding hydrogens is 388 g/mol. The number of aromatic amines is 1. The SMILES string of the molecule is COC(=O)c1c(C)[nH]c(C(=O)C(C)OC(=O)c2cc(Cl)c(N)cc2OC)c1C. The summed E-state index contributed by atoms with van der Waals surface area (Å²) in [6, 6.07) is 2.71. The smallest absolute Gasteiger partial charge is 0.342 e. The van der Waals surface area contributed by atoms with E-state index in [4.69, 9.17) is 31.5 Å². The highest BCUT2D eigenvalue weighted by Crippen LogP contribution is 2.30. The second kappa shape index (κ2) is 8.35. The van der Waals surface area contributed by atoms with Gasteiger partial charge >= 0.3 is 11.9 Å². The normalized spacial score (nSPS) is 11.6. The number of hydrogen-bond acceptors (Lipinski definition) is 7. The molecule has 1 atom stereocenters. The van der Waals surface area contributed by atoms with Crippen LogP contribution in [-0.4, -0.2) is 43.0 Å². The number of aryl methyl sites for hydroxylation is 1. The van der Waals surface area contributed by atoms with Gasteiger partial charge in [-0.05, 0) is 32.4 Å². The maximum Gasteiger partial charge on any atom is 0.342 e. The van der Waals surface area contributed by atoms with Gasteiger partial charge in [0, 0.05) is 11.8 Å². The van der Waals surface area contributed by atoms with Crippen LogP contribution in [0.5, 0.6) is 5.75 Å². The third kappa shape index (κ3) is 3.96. The number of anilines is 1. The predicted octanol–water partition coefficient (Wildman–Crippen LogP) is 3.09. The van der Waals surface area contributed by atoms with Gasteiger partial charge in [0.05, 0.1) is 36.2 Å². The highest BCUT2D eigenvalue weighted by Gasteiger charge is 2.28. The van der Waals surface area contributed by atoms with Gasteiger partial charge in [0.1, 0.15) is 11.3 Å². The molecule has 0 aliphatic carbocycles. The van der Waals surface area contributed by atoms with E-state index in [1.165, 1.54) is 33.3 Å². The molecular formula is C19H21ClN2O6. The van der Waals surface area contributed by atoms with Crippen LogP contribution in [-0.2, 0) is 9.47 Å². The molecule has 1 aromatic heterocycles. The van der Waals surface area contributed by atoms with Crippen molar-refractivity contribution in [2.24, 2.45) is 0 Å².